The van der Waals surface area contributed by atoms with E-state index < -0.39 is 0 Å². The molecule has 0 radical (unpaired) electrons. The fraction of sp³-hybridized carbons (Fsp3) is 0.316. The monoisotopic (exact) mass is 293 g/mol. The van der Waals surface area contributed by atoms with Gasteiger partial charge in [0.1, 0.15) is 0 Å². The molecule has 0 aromatic heterocycles. The Bertz CT molecular complexity index is 603. The van der Waals surface area contributed by atoms with E-state index in [1.54, 1.807) is 0 Å². The first-order valence-electron chi connectivity index (χ1n) is 7.97. The molecule has 2 N–H and O–H groups in total. The van der Waals surface area contributed by atoms with Crippen LogP contribution in [0.3, 0.4) is 0 Å². The second kappa shape index (κ2) is 7.12. The van der Waals surface area contributed by atoms with Crippen LogP contribution in [-0.4, -0.2) is 12.0 Å². The van der Waals surface area contributed by atoms with Crippen molar-refractivity contribution in [2.45, 2.75) is 38.4 Å². The number of nitrogens with one attached hydrogen (secondary N) is 2. The molecule has 114 valence electrons. The van der Waals surface area contributed by atoms with Gasteiger partial charge in [-0.3, -0.25) is 0 Å². The summed E-state index contributed by atoms with van der Waals surface area (Å²) in [5, 5.41) is 7.01. The molecule has 1 aliphatic rings. The zero-order chi connectivity index (χ0) is 15.2. The van der Waals surface area contributed by atoms with Gasteiger partial charge >= 0.3 is 0 Å². The zero-order valence-corrected chi connectivity index (χ0v) is 13.0. The molecule has 1 aliphatic carbocycles. The van der Waals surface area contributed by atoms with E-state index >= 15 is 0 Å². The van der Waals surface area contributed by atoms with Crippen LogP contribution >= 0.6 is 0 Å². The highest BCUT2D eigenvalue weighted by Crippen LogP contribution is 2.19. The summed E-state index contributed by atoms with van der Waals surface area (Å²) >= 11 is 0. The Balaban J connectivity index is 1.66. The van der Waals surface area contributed by atoms with E-state index in [1.165, 1.54) is 24.0 Å². The summed E-state index contributed by atoms with van der Waals surface area (Å²) in [4.78, 5) is 4.73. The maximum Gasteiger partial charge on any atom is 0.192 e. The fourth-order valence-corrected chi connectivity index (χ4v) is 2.34. The van der Waals surface area contributed by atoms with Gasteiger partial charge in [0.25, 0.3) is 0 Å². The molecule has 0 bridgehead atoms. The number of hydrogen-bond donors (Lipinski definition) is 2. The summed E-state index contributed by atoms with van der Waals surface area (Å²) in [6.45, 7) is 2.87. The normalized spacial score (nSPS) is 16.1. The number of nitrogens with zero attached hydrogens (tertiary/aromatic N) is 1. The molecule has 0 spiro atoms. The number of aliphatic imine (C=N–C) groups is 1. The standard InChI is InChI=1S/C19H23N3/c1-15(17-10-6-3-7-11-17)21-19(22-18-12-13-18)20-14-16-8-4-2-5-9-16/h2-11,15,18H,12-14H2,1H3,(H2,20,21,22)/t15-/m0/s1. The average Bonchev–Trinajstić information content (AvgIpc) is 3.38. The van der Waals surface area contributed by atoms with Crippen molar-refractivity contribution in [2.24, 2.45) is 4.99 Å². The van der Waals surface area contributed by atoms with E-state index in [1.807, 2.05) is 12.1 Å². The van der Waals surface area contributed by atoms with Crippen LogP contribution in [0.15, 0.2) is 65.7 Å². The summed E-state index contributed by atoms with van der Waals surface area (Å²) < 4.78 is 0. The van der Waals surface area contributed by atoms with Crippen molar-refractivity contribution in [2.75, 3.05) is 0 Å². The van der Waals surface area contributed by atoms with Crippen LogP contribution in [0.4, 0.5) is 0 Å². The van der Waals surface area contributed by atoms with Gasteiger partial charge < -0.3 is 10.6 Å². The van der Waals surface area contributed by atoms with Crippen molar-refractivity contribution >= 4 is 5.96 Å². The summed E-state index contributed by atoms with van der Waals surface area (Å²) in [5.74, 6) is 0.905. The van der Waals surface area contributed by atoms with E-state index in [2.05, 4.69) is 66.1 Å². The van der Waals surface area contributed by atoms with Gasteiger partial charge in [0.2, 0.25) is 0 Å². The third-order valence-electron chi connectivity index (χ3n) is 3.83. The lowest BCUT2D eigenvalue weighted by molar-refractivity contribution is 0.680. The lowest BCUT2D eigenvalue weighted by Crippen LogP contribution is -2.40. The van der Waals surface area contributed by atoms with Crippen LogP contribution in [0, 0.1) is 0 Å². The molecule has 3 nitrogen and oxygen atoms in total. The quantitative estimate of drug-likeness (QED) is 0.652. The Kier molecular flexibility index (Phi) is 4.74. The van der Waals surface area contributed by atoms with E-state index in [9.17, 15) is 0 Å². The van der Waals surface area contributed by atoms with Crippen LogP contribution in [-0.2, 0) is 6.54 Å². The fourth-order valence-electron chi connectivity index (χ4n) is 2.34. The number of benzene rings is 2. The Hall–Kier alpha value is -2.29. The molecular weight excluding hydrogens is 270 g/mol. The van der Waals surface area contributed by atoms with Crippen LogP contribution in [0.25, 0.3) is 0 Å². The van der Waals surface area contributed by atoms with E-state index in [0.29, 0.717) is 12.6 Å². The third kappa shape index (κ3) is 4.35. The lowest BCUT2D eigenvalue weighted by atomic mass is 10.1. The second-order valence-corrected chi connectivity index (χ2v) is 5.85. The largest absolute Gasteiger partial charge is 0.354 e. The van der Waals surface area contributed by atoms with Crippen molar-refractivity contribution in [1.82, 2.24) is 10.6 Å². The molecule has 2 aromatic rings. The number of hydrogen-bond acceptors (Lipinski definition) is 1. The molecular formula is C19H23N3. The van der Waals surface area contributed by atoms with Gasteiger partial charge in [-0.25, -0.2) is 4.99 Å². The van der Waals surface area contributed by atoms with Crippen LogP contribution in [0.2, 0.25) is 0 Å². The summed E-state index contributed by atoms with van der Waals surface area (Å²) in [7, 11) is 0. The highest BCUT2D eigenvalue weighted by Gasteiger charge is 2.23. The SMILES string of the molecule is C[C@H](NC(=NCc1ccccc1)NC1CC1)c1ccccc1. The third-order valence-corrected chi connectivity index (χ3v) is 3.83. The smallest absolute Gasteiger partial charge is 0.192 e. The van der Waals surface area contributed by atoms with Gasteiger partial charge in [-0.2, -0.15) is 0 Å². The van der Waals surface area contributed by atoms with Crippen molar-refractivity contribution < 1.29 is 0 Å². The first kappa shape index (κ1) is 14.6. The molecule has 0 aliphatic heterocycles. The van der Waals surface area contributed by atoms with Crippen molar-refractivity contribution in [3.63, 3.8) is 0 Å². The molecule has 2 aromatic carbocycles. The molecule has 1 fully saturated rings. The maximum atomic E-state index is 4.73. The van der Waals surface area contributed by atoms with Gasteiger partial charge in [-0.1, -0.05) is 60.7 Å². The topological polar surface area (TPSA) is 36.4 Å². The van der Waals surface area contributed by atoms with Gasteiger partial charge in [0, 0.05) is 6.04 Å². The predicted molar refractivity (Wildman–Crippen MR) is 91.7 cm³/mol. The van der Waals surface area contributed by atoms with Crippen LogP contribution in [0.5, 0.6) is 0 Å². The highest BCUT2D eigenvalue weighted by atomic mass is 15.2. The highest BCUT2D eigenvalue weighted by molar-refractivity contribution is 5.80. The van der Waals surface area contributed by atoms with Crippen molar-refractivity contribution in [3.05, 3.63) is 71.8 Å². The number of guanidine groups is 1. The summed E-state index contributed by atoms with van der Waals surface area (Å²) in [5.41, 5.74) is 2.50. The average molecular weight is 293 g/mol. The Labute approximate surface area is 132 Å². The summed E-state index contributed by atoms with van der Waals surface area (Å²) in [6, 6.07) is 21.7. The zero-order valence-electron chi connectivity index (χ0n) is 13.0. The van der Waals surface area contributed by atoms with Gasteiger partial charge in [0.05, 0.1) is 12.6 Å². The molecule has 0 heterocycles. The molecule has 1 saturated carbocycles. The molecule has 3 heteroatoms. The molecule has 1 atom stereocenters. The van der Waals surface area contributed by atoms with Crippen molar-refractivity contribution in [1.29, 1.82) is 0 Å². The van der Waals surface area contributed by atoms with E-state index in [4.69, 9.17) is 4.99 Å². The molecule has 22 heavy (non-hydrogen) atoms. The maximum absolute atomic E-state index is 4.73. The minimum atomic E-state index is 0.238. The molecule has 0 unspecified atom stereocenters. The first-order chi connectivity index (χ1) is 10.8. The van der Waals surface area contributed by atoms with Gasteiger partial charge in [0.15, 0.2) is 5.96 Å². The summed E-state index contributed by atoms with van der Waals surface area (Å²) in [6.07, 6.45) is 2.48. The minimum absolute atomic E-state index is 0.238. The second-order valence-electron chi connectivity index (χ2n) is 5.85. The van der Waals surface area contributed by atoms with Gasteiger partial charge in [-0.15, -0.1) is 0 Å². The Morgan fingerprint density at radius 1 is 1.05 bits per heavy atom. The molecule has 3 rings (SSSR count). The van der Waals surface area contributed by atoms with Crippen LogP contribution < -0.4 is 10.6 Å². The Morgan fingerprint density at radius 2 is 1.68 bits per heavy atom. The van der Waals surface area contributed by atoms with Crippen molar-refractivity contribution in [3.8, 4) is 0 Å². The van der Waals surface area contributed by atoms with E-state index in [0.717, 1.165) is 5.96 Å². The van der Waals surface area contributed by atoms with Crippen LogP contribution in [0.1, 0.15) is 36.9 Å². The predicted octanol–water partition coefficient (Wildman–Crippen LogP) is 3.65. The first-order valence-corrected chi connectivity index (χ1v) is 7.97. The molecule has 0 amide bonds. The minimum Gasteiger partial charge on any atom is -0.354 e. The van der Waals surface area contributed by atoms with E-state index in [-0.39, 0.29) is 6.04 Å². The Morgan fingerprint density at radius 3 is 2.32 bits per heavy atom. The lowest BCUT2D eigenvalue weighted by Gasteiger charge is -2.18. The van der Waals surface area contributed by atoms with Gasteiger partial charge in [-0.05, 0) is 30.9 Å². The molecule has 0 saturated heterocycles. The number of rotatable bonds is 5.